The third-order valence-corrected chi connectivity index (χ3v) is 4.29. The molecule has 1 amide bonds. The number of carboxylic acid groups (broad SMARTS) is 1. The maximum absolute atomic E-state index is 12.9. The molecule has 0 unspecified atom stereocenters. The number of carboxylic acids is 1. The van der Waals surface area contributed by atoms with Crippen LogP contribution in [0.5, 0.6) is 0 Å². The maximum atomic E-state index is 12.9. The predicted octanol–water partition coefficient (Wildman–Crippen LogP) is 3.46. The number of amidine groups is 1. The molecular weight excluding hydrogens is 368 g/mol. The number of hydrogen-bond donors (Lipinski definition) is 4. The number of hydrogen-bond acceptors (Lipinski definition) is 4. The van der Waals surface area contributed by atoms with Gasteiger partial charge in [-0.15, -0.1) is 0 Å². The van der Waals surface area contributed by atoms with Crippen LogP contribution in [0.3, 0.4) is 0 Å². The number of carbonyl (C=O) groups excluding carboxylic acids is 1. The third kappa shape index (κ3) is 4.12. The van der Waals surface area contributed by atoms with Gasteiger partial charge in [0, 0.05) is 16.8 Å². The van der Waals surface area contributed by atoms with Crippen molar-refractivity contribution >= 4 is 23.4 Å². The first-order valence-corrected chi connectivity index (χ1v) is 8.53. The summed E-state index contributed by atoms with van der Waals surface area (Å²) in [6, 6.07) is 19.3. The van der Waals surface area contributed by atoms with Crippen molar-refractivity contribution in [2.24, 2.45) is 5.73 Å². The van der Waals surface area contributed by atoms with Gasteiger partial charge < -0.3 is 16.2 Å². The van der Waals surface area contributed by atoms with Crippen LogP contribution in [0, 0.1) is 16.7 Å². The number of nitrogens with one attached hydrogen (secondary N) is 2. The van der Waals surface area contributed by atoms with Gasteiger partial charge in [0.2, 0.25) is 0 Å². The lowest BCUT2D eigenvalue weighted by Crippen LogP contribution is -2.15. The molecule has 0 atom stereocenters. The number of nitrogens with zero attached hydrogens (tertiary/aromatic N) is 1. The molecule has 0 heterocycles. The molecule has 7 heteroatoms. The Morgan fingerprint density at radius 3 is 2.24 bits per heavy atom. The van der Waals surface area contributed by atoms with E-state index < -0.39 is 11.9 Å². The summed E-state index contributed by atoms with van der Waals surface area (Å²) in [5.41, 5.74) is 7.70. The molecule has 29 heavy (non-hydrogen) atoms. The molecule has 3 rings (SSSR count). The molecule has 0 spiro atoms. The van der Waals surface area contributed by atoms with Crippen LogP contribution in [0.1, 0.15) is 31.8 Å². The summed E-state index contributed by atoms with van der Waals surface area (Å²) in [5.74, 6) is -1.69. The minimum absolute atomic E-state index is 0.0528. The van der Waals surface area contributed by atoms with E-state index in [1.807, 2.05) is 6.07 Å². The smallest absolute Gasteiger partial charge is 0.336 e. The van der Waals surface area contributed by atoms with Crippen molar-refractivity contribution in [3.8, 4) is 17.2 Å². The summed E-state index contributed by atoms with van der Waals surface area (Å²) < 4.78 is 0. The average Bonchev–Trinajstić information content (AvgIpc) is 2.73. The Morgan fingerprint density at radius 1 is 0.966 bits per heavy atom. The monoisotopic (exact) mass is 384 g/mol. The van der Waals surface area contributed by atoms with Crippen LogP contribution in [0.15, 0.2) is 66.7 Å². The fourth-order valence-electron chi connectivity index (χ4n) is 2.87. The molecule has 7 nitrogen and oxygen atoms in total. The van der Waals surface area contributed by atoms with Crippen LogP contribution >= 0.6 is 0 Å². The van der Waals surface area contributed by atoms with Gasteiger partial charge in [0.05, 0.1) is 17.2 Å². The van der Waals surface area contributed by atoms with E-state index >= 15 is 0 Å². The second kappa shape index (κ2) is 8.06. The summed E-state index contributed by atoms with van der Waals surface area (Å²) >= 11 is 0. The summed E-state index contributed by atoms with van der Waals surface area (Å²) in [6.07, 6.45) is 0. The van der Waals surface area contributed by atoms with E-state index in [9.17, 15) is 20.0 Å². The van der Waals surface area contributed by atoms with Crippen LogP contribution in [0.25, 0.3) is 11.1 Å². The zero-order valence-electron chi connectivity index (χ0n) is 15.1. The molecule has 0 radical (unpaired) electrons. The standard InChI is InChI=1S/C22H16N4O3/c23-12-13-5-10-17(16-3-1-2-4-18(16)22(28)29)19(11-13)21(27)26-15-8-6-14(7-9-15)20(24)25/h1-11H,(H3,24,25)(H,26,27)(H,28,29). The van der Waals surface area contributed by atoms with E-state index in [2.05, 4.69) is 5.32 Å². The molecule has 0 aromatic heterocycles. The van der Waals surface area contributed by atoms with Gasteiger partial charge >= 0.3 is 5.97 Å². The Kier molecular flexibility index (Phi) is 5.37. The zero-order chi connectivity index (χ0) is 21.0. The van der Waals surface area contributed by atoms with Gasteiger partial charge in [-0.25, -0.2) is 4.79 Å². The van der Waals surface area contributed by atoms with Gasteiger partial charge in [-0.2, -0.15) is 5.26 Å². The number of amides is 1. The quantitative estimate of drug-likeness (QED) is 0.394. The average molecular weight is 384 g/mol. The molecule has 0 aliphatic carbocycles. The molecular formula is C22H16N4O3. The van der Waals surface area contributed by atoms with Crippen molar-refractivity contribution in [1.29, 1.82) is 10.7 Å². The van der Waals surface area contributed by atoms with Crippen LogP contribution in [-0.4, -0.2) is 22.8 Å². The maximum Gasteiger partial charge on any atom is 0.336 e. The van der Waals surface area contributed by atoms with Crippen molar-refractivity contribution in [1.82, 2.24) is 0 Å². The van der Waals surface area contributed by atoms with Crippen molar-refractivity contribution in [2.45, 2.75) is 0 Å². The molecule has 3 aromatic rings. The van der Waals surface area contributed by atoms with E-state index in [0.29, 0.717) is 22.4 Å². The predicted molar refractivity (Wildman–Crippen MR) is 109 cm³/mol. The van der Waals surface area contributed by atoms with Gasteiger partial charge in [0.15, 0.2) is 0 Å². The molecule has 3 aromatic carbocycles. The van der Waals surface area contributed by atoms with E-state index in [1.165, 1.54) is 18.2 Å². The molecule has 0 saturated heterocycles. The normalized spacial score (nSPS) is 10.0. The Labute approximate surface area is 166 Å². The number of rotatable bonds is 5. The minimum Gasteiger partial charge on any atom is -0.478 e. The lowest BCUT2D eigenvalue weighted by atomic mass is 9.93. The summed E-state index contributed by atoms with van der Waals surface area (Å²) in [6.45, 7) is 0. The molecule has 0 fully saturated rings. The summed E-state index contributed by atoms with van der Waals surface area (Å²) in [4.78, 5) is 24.5. The van der Waals surface area contributed by atoms with Crippen molar-refractivity contribution in [3.63, 3.8) is 0 Å². The van der Waals surface area contributed by atoms with E-state index in [4.69, 9.17) is 11.1 Å². The highest BCUT2D eigenvalue weighted by molar-refractivity contribution is 6.10. The number of aromatic carboxylic acids is 1. The highest BCUT2D eigenvalue weighted by Gasteiger charge is 2.19. The van der Waals surface area contributed by atoms with Crippen LogP contribution < -0.4 is 11.1 Å². The number of nitriles is 1. The zero-order valence-corrected chi connectivity index (χ0v) is 15.1. The third-order valence-electron chi connectivity index (χ3n) is 4.29. The molecule has 0 saturated carbocycles. The van der Waals surface area contributed by atoms with Gasteiger partial charge in [-0.1, -0.05) is 24.3 Å². The fraction of sp³-hybridized carbons (Fsp3) is 0. The SMILES string of the molecule is N#Cc1ccc(-c2ccccc2C(=O)O)c(C(=O)Nc2ccc(C(=N)N)cc2)c1. The van der Waals surface area contributed by atoms with Gasteiger partial charge in [0.25, 0.3) is 5.91 Å². The lowest BCUT2D eigenvalue weighted by Gasteiger charge is -2.13. The van der Waals surface area contributed by atoms with Gasteiger partial charge in [0.1, 0.15) is 5.84 Å². The van der Waals surface area contributed by atoms with Crippen LogP contribution in [0.4, 0.5) is 5.69 Å². The van der Waals surface area contributed by atoms with Crippen LogP contribution in [-0.2, 0) is 0 Å². The largest absolute Gasteiger partial charge is 0.478 e. The number of nitrogens with two attached hydrogens (primary N) is 1. The Hall–Kier alpha value is -4.44. The molecule has 0 aliphatic rings. The number of anilines is 1. The topological polar surface area (TPSA) is 140 Å². The summed E-state index contributed by atoms with van der Waals surface area (Å²) in [7, 11) is 0. The molecule has 142 valence electrons. The second-order valence-electron chi connectivity index (χ2n) is 6.17. The first-order chi connectivity index (χ1) is 13.9. The Morgan fingerprint density at radius 2 is 1.62 bits per heavy atom. The van der Waals surface area contributed by atoms with E-state index in [1.54, 1.807) is 48.5 Å². The summed E-state index contributed by atoms with van der Waals surface area (Å²) in [5, 5.41) is 28.8. The van der Waals surface area contributed by atoms with E-state index in [0.717, 1.165) is 0 Å². The van der Waals surface area contributed by atoms with Crippen molar-refractivity contribution in [2.75, 3.05) is 5.32 Å². The van der Waals surface area contributed by atoms with Crippen molar-refractivity contribution in [3.05, 3.63) is 89.0 Å². The molecule has 0 bridgehead atoms. The number of benzene rings is 3. The minimum atomic E-state index is -1.11. The second-order valence-corrected chi connectivity index (χ2v) is 6.17. The molecule has 5 N–H and O–H groups in total. The van der Waals surface area contributed by atoms with Crippen LogP contribution in [0.2, 0.25) is 0 Å². The highest BCUT2D eigenvalue weighted by Crippen LogP contribution is 2.29. The Balaban J connectivity index is 2.04. The fourth-order valence-corrected chi connectivity index (χ4v) is 2.87. The highest BCUT2D eigenvalue weighted by atomic mass is 16.4. The van der Waals surface area contributed by atoms with Gasteiger partial charge in [-0.05, 0) is 53.6 Å². The first-order valence-electron chi connectivity index (χ1n) is 8.53. The number of nitrogen functional groups attached to an aromatic ring is 1. The number of carbonyl (C=O) groups is 2. The lowest BCUT2D eigenvalue weighted by molar-refractivity contribution is 0.0697. The van der Waals surface area contributed by atoms with Gasteiger partial charge in [-0.3, -0.25) is 10.2 Å². The van der Waals surface area contributed by atoms with Crippen molar-refractivity contribution < 1.29 is 14.7 Å². The first kappa shape index (κ1) is 19.3. The molecule has 0 aliphatic heterocycles. The van der Waals surface area contributed by atoms with E-state index in [-0.39, 0.29) is 22.5 Å². The Bertz CT molecular complexity index is 1160.